The van der Waals surface area contributed by atoms with E-state index in [1.807, 2.05) is 6.07 Å². The van der Waals surface area contributed by atoms with Gasteiger partial charge in [0.15, 0.2) is 17.7 Å². The van der Waals surface area contributed by atoms with Gasteiger partial charge in [-0.15, -0.1) is 0 Å². The van der Waals surface area contributed by atoms with Crippen LogP contribution in [0.1, 0.15) is 11.9 Å². The van der Waals surface area contributed by atoms with Crippen LogP contribution in [0.3, 0.4) is 0 Å². The molecule has 0 saturated carbocycles. The van der Waals surface area contributed by atoms with Gasteiger partial charge in [0.05, 0.1) is 6.61 Å². The quantitative estimate of drug-likeness (QED) is 0.466. The Kier molecular flexibility index (Phi) is 2.99. The van der Waals surface area contributed by atoms with E-state index in [4.69, 9.17) is 20.8 Å². The van der Waals surface area contributed by atoms with Crippen LogP contribution in [-0.2, 0) is 4.74 Å². The molecule has 2 rings (SSSR count). The first-order chi connectivity index (χ1) is 8.10. The number of nitriles is 1. The number of nitrogen functional groups attached to an aromatic ring is 1. The van der Waals surface area contributed by atoms with E-state index >= 15 is 0 Å². The van der Waals surface area contributed by atoms with Gasteiger partial charge in [0.2, 0.25) is 0 Å². The molecule has 0 amide bonds. The Morgan fingerprint density at radius 2 is 2.24 bits per heavy atom. The Morgan fingerprint density at radius 1 is 1.53 bits per heavy atom. The maximum absolute atomic E-state index is 9.76. The lowest BCUT2D eigenvalue weighted by molar-refractivity contribution is -0.0531. The summed E-state index contributed by atoms with van der Waals surface area (Å²) in [5, 5.41) is 37.2. The van der Waals surface area contributed by atoms with Crippen LogP contribution in [-0.4, -0.2) is 49.8 Å². The van der Waals surface area contributed by atoms with E-state index in [1.54, 1.807) is 0 Å². The van der Waals surface area contributed by atoms with Gasteiger partial charge in [0, 0.05) is 0 Å². The number of anilines is 1. The first-order valence-electron chi connectivity index (χ1n) is 4.95. The molecule has 4 atom stereocenters. The number of hydrogen-bond acceptors (Lipinski definition) is 7. The molecule has 0 bridgehead atoms. The second-order valence-corrected chi connectivity index (χ2v) is 3.73. The molecule has 1 aliphatic heterocycles. The Bertz CT molecular complexity index is 454. The van der Waals surface area contributed by atoms with Gasteiger partial charge in [-0.1, -0.05) is 0 Å². The lowest BCUT2D eigenvalue weighted by Crippen LogP contribution is -2.33. The van der Waals surface area contributed by atoms with Gasteiger partial charge in [0.25, 0.3) is 0 Å². The van der Waals surface area contributed by atoms with Gasteiger partial charge in [-0.25, -0.2) is 4.98 Å². The zero-order valence-corrected chi connectivity index (χ0v) is 8.76. The fourth-order valence-corrected chi connectivity index (χ4v) is 1.79. The van der Waals surface area contributed by atoms with Crippen LogP contribution in [0.15, 0.2) is 6.33 Å². The predicted molar refractivity (Wildman–Crippen MR) is 54.4 cm³/mol. The van der Waals surface area contributed by atoms with Crippen LogP contribution in [0, 0.1) is 11.3 Å². The third kappa shape index (κ3) is 1.75. The van der Waals surface area contributed by atoms with Gasteiger partial charge in [-0.2, -0.15) is 5.26 Å². The SMILES string of the molecule is N#Cc1c(N)ncn1[C@@H]1O[C@H](CO)[C@@H](O)[C@H]1O. The van der Waals surface area contributed by atoms with Crippen LogP contribution < -0.4 is 5.73 Å². The highest BCUT2D eigenvalue weighted by molar-refractivity contribution is 5.44. The van der Waals surface area contributed by atoms with Crippen LogP contribution in [0.5, 0.6) is 0 Å². The maximum atomic E-state index is 9.76. The average molecular weight is 240 g/mol. The molecule has 1 aliphatic rings. The summed E-state index contributed by atoms with van der Waals surface area (Å²) in [6.07, 6.45) is -3.12. The minimum Gasteiger partial charge on any atom is -0.394 e. The smallest absolute Gasteiger partial charge is 0.166 e. The standard InChI is InChI=1S/C9H12N4O4/c10-1-4-8(11)12-3-13(4)9-7(16)6(15)5(2-14)17-9/h3,5-7,9,14-16H,2,11H2/t5-,6-,7-,9-/m1/s1. The highest BCUT2D eigenvalue weighted by atomic mass is 16.6. The van der Waals surface area contributed by atoms with Crippen molar-refractivity contribution in [2.45, 2.75) is 24.5 Å². The number of rotatable bonds is 2. The van der Waals surface area contributed by atoms with Crippen molar-refractivity contribution in [3.8, 4) is 6.07 Å². The highest BCUT2D eigenvalue weighted by Crippen LogP contribution is 2.30. The van der Waals surface area contributed by atoms with Gasteiger partial charge in [-0.05, 0) is 0 Å². The summed E-state index contributed by atoms with van der Waals surface area (Å²) in [6, 6.07) is 1.83. The lowest BCUT2D eigenvalue weighted by Gasteiger charge is -2.16. The molecule has 5 N–H and O–H groups in total. The van der Waals surface area contributed by atoms with Gasteiger partial charge in [0.1, 0.15) is 30.7 Å². The molecule has 0 unspecified atom stereocenters. The molecule has 1 aromatic rings. The summed E-state index contributed by atoms with van der Waals surface area (Å²) in [5.74, 6) is 0.0187. The number of nitrogens with zero attached hydrogens (tertiary/aromatic N) is 3. The van der Waals surface area contributed by atoms with Crippen molar-refractivity contribution >= 4 is 5.82 Å². The number of aromatic nitrogens is 2. The third-order valence-electron chi connectivity index (χ3n) is 2.72. The Balaban J connectivity index is 2.33. The summed E-state index contributed by atoms with van der Waals surface area (Å²) in [6.45, 7) is -0.430. The fraction of sp³-hybridized carbons (Fsp3) is 0.556. The first-order valence-corrected chi connectivity index (χ1v) is 4.95. The summed E-state index contributed by atoms with van der Waals surface area (Å²) >= 11 is 0. The van der Waals surface area contributed by atoms with Crippen molar-refractivity contribution in [1.29, 1.82) is 5.26 Å². The van der Waals surface area contributed by atoms with Crippen LogP contribution in [0.2, 0.25) is 0 Å². The largest absolute Gasteiger partial charge is 0.394 e. The predicted octanol–water partition coefficient (Wildman–Crippen LogP) is -2.05. The van der Waals surface area contributed by atoms with Gasteiger partial charge < -0.3 is 25.8 Å². The van der Waals surface area contributed by atoms with E-state index in [1.165, 1.54) is 10.9 Å². The topological polar surface area (TPSA) is 138 Å². The maximum Gasteiger partial charge on any atom is 0.166 e. The number of aliphatic hydroxyl groups is 3. The van der Waals surface area contributed by atoms with E-state index in [0.29, 0.717) is 0 Å². The van der Waals surface area contributed by atoms with Crippen molar-refractivity contribution in [1.82, 2.24) is 9.55 Å². The molecular formula is C9H12N4O4. The van der Waals surface area contributed by atoms with Crippen molar-refractivity contribution in [3.05, 3.63) is 12.0 Å². The number of ether oxygens (including phenoxy) is 1. The second-order valence-electron chi connectivity index (χ2n) is 3.73. The molecule has 1 aromatic heterocycles. The normalized spacial score (nSPS) is 32.6. The summed E-state index contributed by atoms with van der Waals surface area (Å²) in [7, 11) is 0. The Hall–Kier alpha value is -1.66. The molecule has 92 valence electrons. The second kappa shape index (κ2) is 4.31. The summed E-state index contributed by atoms with van der Waals surface area (Å²) in [5.41, 5.74) is 5.50. The van der Waals surface area contributed by atoms with E-state index in [9.17, 15) is 10.2 Å². The number of imidazole rings is 1. The number of hydrogen-bond donors (Lipinski definition) is 4. The minimum absolute atomic E-state index is 0.0187. The van der Waals surface area contributed by atoms with Crippen molar-refractivity contribution in [3.63, 3.8) is 0 Å². The molecule has 0 spiro atoms. The minimum atomic E-state index is -1.26. The molecule has 1 saturated heterocycles. The molecule has 0 aliphatic carbocycles. The zero-order valence-electron chi connectivity index (χ0n) is 8.76. The Labute approximate surface area is 96.5 Å². The monoisotopic (exact) mass is 240 g/mol. The van der Waals surface area contributed by atoms with Crippen molar-refractivity contribution in [2.75, 3.05) is 12.3 Å². The van der Waals surface area contributed by atoms with Crippen molar-refractivity contribution < 1.29 is 20.1 Å². The van der Waals surface area contributed by atoms with E-state index < -0.39 is 31.1 Å². The fourth-order valence-electron chi connectivity index (χ4n) is 1.79. The number of aliphatic hydroxyl groups excluding tert-OH is 3. The summed E-state index contributed by atoms with van der Waals surface area (Å²) < 4.78 is 6.48. The van der Waals surface area contributed by atoms with Crippen LogP contribution in [0.4, 0.5) is 5.82 Å². The van der Waals surface area contributed by atoms with E-state index in [2.05, 4.69) is 4.98 Å². The molecular weight excluding hydrogens is 228 g/mol. The van der Waals surface area contributed by atoms with Crippen LogP contribution in [0.25, 0.3) is 0 Å². The molecule has 0 aromatic carbocycles. The molecule has 1 fully saturated rings. The zero-order chi connectivity index (χ0) is 12.6. The lowest BCUT2D eigenvalue weighted by atomic mass is 10.1. The molecule has 8 heteroatoms. The van der Waals surface area contributed by atoms with Gasteiger partial charge in [-0.3, -0.25) is 4.57 Å². The van der Waals surface area contributed by atoms with Gasteiger partial charge >= 0.3 is 0 Å². The molecule has 8 nitrogen and oxygen atoms in total. The van der Waals surface area contributed by atoms with Crippen molar-refractivity contribution in [2.24, 2.45) is 0 Å². The van der Waals surface area contributed by atoms with E-state index in [0.717, 1.165) is 0 Å². The molecule has 0 radical (unpaired) electrons. The first kappa shape index (κ1) is 11.8. The highest BCUT2D eigenvalue weighted by Gasteiger charge is 2.44. The Morgan fingerprint density at radius 3 is 2.76 bits per heavy atom. The number of nitrogens with two attached hydrogens (primary N) is 1. The third-order valence-corrected chi connectivity index (χ3v) is 2.72. The molecule has 17 heavy (non-hydrogen) atoms. The average Bonchev–Trinajstić information content (AvgIpc) is 2.82. The van der Waals surface area contributed by atoms with Crippen LogP contribution >= 0.6 is 0 Å². The molecule has 2 heterocycles. The van der Waals surface area contributed by atoms with E-state index in [-0.39, 0.29) is 11.5 Å². The summed E-state index contributed by atoms with van der Waals surface area (Å²) in [4.78, 5) is 3.73.